The number of aliphatic carboxylic acids is 1. The molecule has 0 radical (unpaired) electrons. The number of carbonyl (C=O) groups is 5. The zero-order chi connectivity index (χ0) is 33.8. The molecule has 1 aromatic heterocycles. The number of phenols is 1. The summed E-state index contributed by atoms with van der Waals surface area (Å²) < 4.78 is 0. The van der Waals surface area contributed by atoms with Gasteiger partial charge in [0.1, 0.15) is 23.9 Å². The van der Waals surface area contributed by atoms with Crippen molar-refractivity contribution in [2.45, 2.75) is 56.3 Å². The number of aliphatic imine (C=N–C) groups is 1. The van der Waals surface area contributed by atoms with Gasteiger partial charge in [0.05, 0.1) is 12.5 Å². The molecule has 4 amide bonds. The number of hydrogen-bond donors (Lipinski definition) is 10. The second-order valence-electron chi connectivity index (χ2n) is 10.7. The van der Waals surface area contributed by atoms with Crippen LogP contribution >= 0.6 is 0 Å². The Hall–Kier alpha value is -5.64. The van der Waals surface area contributed by atoms with Crippen LogP contribution < -0.4 is 38.9 Å². The molecule has 3 rings (SSSR count). The Morgan fingerprint density at radius 3 is 2.11 bits per heavy atom. The number of rotatable bonds is 17. The number of amides is 4. The first-order valence-corrected chi connectivity index (χ1v) is 14.4. The fourth-order valence-corrected chi connectivity index (χ4v) is 4.70. The fraction of sp³-hybridized carbons (Fsp3) is 0.333. The van der Waals surface area contributed by atoms with E-state index in [4.69, 9.17) is 22.9 Å². The number of para-hydroxylation sites is 1. The molecule has 46 heavy (non-hydrogen) atoms. The number of guanidine groups is 1. The van der Waals surface area contributed by atoms with Crippen molar-refractivity contribution in [2.24, 2.45) is 27.9 Å². The number of primary amides is 1. The summed E-state index contributed by atoms with van der Waals surface area (Å²) in [5.74, 6) is -4.93. The monoisotopic (exact) mass is 637 g/mol. The topological polar surface area (TPSA) is 294 Å². The van der Waals surface area contributed by atoms with Gasteiger partial charge in [-0.25, -0.2) is 4.79 Å². The minimum Gasteiger partial charge on any atom is -0.508 e. The van der Waals surface area contributed by atoms with Gasteiger partial charge in [-0.1, -0.05) is 30.3 Å². The summed E-state index contributed by atoms with van der Waals surface area (Å²) in [7, 11) is 0. The summed E-state index contributed by atoms with van der Waals surface area (Å²) >= 11 is 0. The van der Waals surface area contributed by atoms with Gasteiger partial charge in [0, 0.05) is 30.1 Å². The number of nitrogens with two attached hydrogens (primary N) is 4. The van der Waals surface area contributed by atoms with E-state index in [0.29, 0.717) is 5.56 Å². The van der Waals surface area contributed by atoms with Gasteiger partial charge in [-0.15, -0.1) is 0 Å². The van der Waals surface area contributed by atoms with Crippen LogP contribution in [0.2, 0.25) is 0 Å². The zero-order valence-corrected chi connectivity index (χ0v) is 24.9. The first kappa shape index (κ1) is 34.8. The van der Waals surface area contributed by atoms with Crippen molar-refractivity contribution in [2.75, 3.05) is 6.54 Å². The SMILES string of the molecule is NC(=O)CC(NC(=O)C(N)Cc1c[nH]c2ccccc12)C(=O)NC(CCCN=C(N)N)C(=O)NC(Cc1ccc(O)cc1)C(=O)O. The molecule has 0 aliphatic carbocycles. The molecule has 0 aliphatic heterocycles. The molecular formula is C30H39N9O7. The number of carboxylic acid groups (broad SMARTS) is 1. The molecule has 4 atom stereocenters. The zero-order valence-electron chi connectivity index (χ0n) is 24.9. The van der Waals surface area contributed by atoms with Gasteiger partial charge in [-0.05, 0) is 48.6 Å². The number of aromatic hydroxyl groups is 1. The number of fused-ring (bicyclic) bond motifs is 1. The lowest BCUT2D eigenvalue weighted by Crippen LogP contribution is -2.58. The molecule has 0 aliphatic rings. The summed E-state index contributed by atoms with van der Waals surface area (Å²) in [6.07, 6.45) is 1.30. The number of carboxylic acids is 1. The third kappa shape index (κ3) is 10.5. The molecule has 0 spiro atoms. The third-order valence-electron chi connectivity index (χ3n) is 7.06. The Labute approximate surface area is 264 Å². The Bertz CT molecular complexity index is 1570. The molecule has 1 heterocycles. The Morgan fingerprint density at radius 1 is 0.826 bits per heavy atom. The van der Waals surface area contributed by atoms with E-state index >= 15 is 0 Å². The lowest BCUT2D eigenvalue weighted by atomic mass is 10.0. The number of carbonyl (C=O) groups excluding carboxylic acids is 4. The van der Waals surface area contributed by atoms with Crippen LogP contribution in [0.4, 0.5) is 0 Å². The van der Waals surface area contributed by atoms with E-state index in [9.17, 15) is 34.2 Å². The van der Waals surface area contributed by atoms with Gasteiger partial charge in [0.15, 0.2) is 5.96 Å². The van der Waals surface area contributed by atoms with Gasteiger partial charge in [-0.2, -0.15) is 0 Å². The van der Waals surface area contributed by atoms with E-state index in [2.05, 4.69) is 25.9 Å². The summed E-state index contributed by atoms with van der Waals surface area (Å²) in [5, 5.41) is 27.5. The minimum absolute atomic E-state index is 0.0141. The molecule has 2 aromatic carbocycles. The van der Waals surface area contributed by atoms with E-state index < -0.39 is 60.2 Å². The number of phenolic OH excluding ortho intramolecular Hbond substituents is 1. The maximum absolute atomic E-state index is 13.4. The average molecular weight is 638 g/mol. The van der Waals surface area contributed by atoms with Gasteiger partial charge >= 0.3 is 5.97 Å². The van der Waals surface area contributed by atoms with Crippen molar-refractivity contribution in [3.63, 3.8) is 0 Å². The first-order valence-electron chi connectivity index (χ1n) is 14.4. The summed E-state index contributed by atoms with van der Waals surface area (Å²) in [4.78, 5) is 70.5. The van der Waals surface area contributed by atoms with Crippen LogP contribution in [0.5, 0.6) is 5.75 Å². The molecule has 3 aromatic rings. The first-order chi connectivity index (χ1) is 21.8. The minimum atomic E-state index is -1.49. The highest BCUT2D eigenvalue weighted by molar-refractivity contribution is 5.96. The molecule has 0 saturated heterocycles. The molecule has 16 heteroatoms. The van der Waals surface area contributed by atoms with E-state index in [1.54, 1.807) is 6.20 Å². The van der Waals surface area contributed by atoms with Crippen molar-refractivity contribution in [3.8, 4) is 5.75 Å². The summed E-state index contributed by atoms with van der Waals surface area (Å²) in [6, 6.07) is 7.91. The number of benzene rings is 2. The molecule has 0 bridgehead atoms. The second-order valence-corrected chi connectivity index (χ2v) is 10.7. The smallest absolute Gasteiger partial charge is 0.326 e. The van der Waals surface area contributed by atoms with Crippen LogP contribution in [-0.4, -0.2) is 81.5 Å². The van der Waals surface area contributed by atoms with Crippen LogP contribution in [-0.2, 0) is 36.8 Å². The van der Waals surface area contributed by atoms with Gasteiger partial charge in [-0.3, -0.25) is 24.2 Å². The van der Waals surface area contributed by atoms with Crippen molar-refractivity contribution < 1.29 is 34.2 Å². The third-order valence-corrected chi connectivity index (χ3v) is 7.06. The highest BCUT2D eigenvalue weighted by atomic mass is 16.4. The largest absolute Gasteiger partial charge is 0.508 e. The summed E-state index contributed by atoms with van der Waals surface area (Å²) in [5.41, 5.74) is 24.4. The van der Waals surface area contributed by atoms with E-state index in [0.717, 1.165) is 16.5 Å². The summed E-state index contributed by atoms with van der Waals surface area (Å²) in [6.45, 7) is 0.0992. The van der Waals surface area contributed by atoms with Crippen molar-refractivity contribution in [3.05, 3.63) is 65.9 Å². The predicted molar refractivity (Wildman–Crippen MR) is 169 cm³/mol. The Morgan fingerprint density at radius 2 is 1.46 bits per heavy atom. The lowest BCUT2D eigenvalue weighted by molar-refractivity contribution is -0.142. The molecule has 4 unspecified atom stereocenters. The molecule has 0 fully saturated rings. The predicted octanol–water partition coefficient (Wildman–Crippen LogP) is -1.55. The standard InChI is InChI=1S/C30H39N9O7/c31-20(13-17-15-36-21-5-2-1-4-19(17)21)26(42)38-23(14-25(32)41)28(44)37-22(6-3-11-35-30(33)34)27(43)39-24(29(45)46)12-16-7-9-18(40)10-8-16/h1-2,4-5,7-10,15,20,22-24,36,40H,3,6,11-14,31H2,(H2,32,41)(H,37,44)(H,38,42)(H,39,43)(H,45,46)(H4,33,34,35). The number of H-pyrrole nitrogens is 1. The van der Waals surface area contributed by atoms with E-state index in [-0.39, 0.29) is 43.9 Å². The molecular weight excluding hydrogens is 598 g/mol. The van der Waals surface area contributed by atoms with Crippen molar-refractivity contribution in [1.29, 1.82) is 0 Å². The average Bonchev–Trinajstić information content (AvgIpc) is 3.40. The van der Waals surface area contributed by atoms with Crippen LogP contribution in [0.15, 0.2) is 59.7 Å². The Balaban J connectivity index is 1.73. The van der Waals surface area contributed by atoms with Crippen LogP contribution in [0.1, 0.15) is 30.4 Å². The quantitative estimate of drug-likeness (QED) is 0.0462. The molecule has 14 N–H and O–H groups in total. The van der Waals surface area contributed by atoms with Gasteiger partial charge < -0.3 is 54.1 Å². The number of nitrogens with zero attached hydrogens (tertiary/aromatic N) is 1. The van der Waals surface area contributed by atoms with Crippen molar-refractivity contribution in [1.82, 2.24) is 20.9 Å². The normalized spacial score (nSPS) is 13.5. The van der Waals surface area contributed by atoms with Gasteiger partial charge in [0.25, 0.3) is 0 Å². The lowest BCUT2D eigenvalue weighted by Gasteiger charge is -2.25. The number of hydrogen-bond acceptors (Lipinski definition) is 8. The second kappa shape index (κ2) is 16.4. The van der Waals surface area contributed by atoms with E-state index in [1.807, 2.05) is 24.3 Å². The molecule has 0 saturated carbocycles. The number of nitrogens with one attached hydrogen (secondary N) is 4. The van der Waals surface area contributed by atoms with Crippen LogP contribution in [0.3, 0.4) is 0 Å². The number of aromatic nitrogens is 1. The highest BCUT2D eigenvalue weighted by Gasteiger charge is 2.31. The maximum Gasteiger partial charge on any atom is 0.326 e. The van der Waals surface area contributed by atoms with Crippen LogP contribution in [0.25, 0.3) is 10.9 Å². The van der Waals surface area contributed by atoms with E-state index in [1.165, 1.54) is 24.3 Å². The van der Waals surface area contributed by atoms with Gasteiger partial charge in [0.2, 0.25) is 23.6 Å². The maximum atomic E-state index is 13.4. The molecule has 16 nitrogen and oxygen atoms in total. The number of aromatic amines is 1. The fourth-order valence-electron chi connectivity index (χ4n) is 4.70. The van der Waals surface area contributed by atoms with Crippen LogP contribution in [0, 0.1) is 0 Å². The Kier molecular flexibility index (Phi) is 12.5. The molecule has 246 valence electrons. The van der Waals surface area contributed by atoms with Crippen molar-refractivity contribution >= 4 is 46.5 Å². The highest BCUT2D eigenvalue weighted by Crippen LogP contribution is 2.19.